The molecule has 0 bridgehead atoms. The summed E-state index contributed by atoms with van der Waals surface area (Å²) < 4.78 is 17.9. The third kappa shape index (κ3) is 37.6. The first-order chi connectivity index (χ1) is 24.2. The van der Waals surface area contributed by atoms with Crippen LogP contribution in [0.1, 0.15) is 252 Å². The fraction of sp³-hybridized carbons (Fsp3) is 1.00. The third-order valence-electron chi connectivity index (χ3n) is 10.5. The second-order valence-corrected chi connectivity index (χ2v) is 18.0. The normalized spacial score (nSPS) is 12.0. The molecule has 0 fully saturated rings. The number of nitrogens with two attached hydrogens (primary N) is 1. The molecule has 0 saturated heterocycles. The topological polar surface area (TPSA) is 53.7 Å². The zero-order chi connectivity index (χ0) is 35.6. The van der Waals surface area contributed by atoms with Gasteiger partial charge in [-0.3, -0.25) is 0 Å². The van der Waals surface area contributed by atoms with Crippen LogP contribution in [0.2, 0.25) is 6.04 Å². The summed E-state index contributed by atoms with van der Waals surface area (Å²) in [5, 5.41) is 0. The summed E-state index contributed by atoms with van der Waals surface area (Å²) in [6.07, 6.45) is 51.6. The Labute approximate surface area is 311 Å². The molecule has 49 heavy (non-hydrogen) atoms. The molecule has 0 spiro atoms. The standard InChI is InChI=1S/C44H93NO3Si/c1-4-46-49(47-5-2,48-6-3)44-42-40-38-36-34-32-30-28-26-24-22-20-18-16-14-12-10-8-7-9-11-13-15-17-19-21-23-25-27-29-31-33-35-37-39-41-43-45/h4-45H2,1-3H3. The van der Waals surface area contributed by atoms with Gasteiger partial charge in [-0.05, 0) is 40.2 Å². The van der Waals surface area contributed by atoms with Gasteiger partial charge in [-0.1, -0.05) is 218 Å². The molecule has 0 saturated carbocycles. The van der Waals surface area contributed by atoms with E-state index >= 15 is 0 Å². The van der Waals surface area contributed by atoms with E-state index in [-0.39, 0.29) is 0 Å². The molecular formula is C44H93NO3Si. The zero-order valence-corrected chi connectivity index (χ0v) is 35.3. The van der Waals surface area contributed by atoms with E-state index in [0.717, 1.165) is 12.6 Å². The van der Waals surface area contributed by atoms with Crippen LogP contribution < -0.4 is 5.73 Å². The molecule has 0 heterocycles. The molecule has 5 heteroatoms. The smallest absolute Gasteiger partial charge is 0.374 e. The molecule has 0 atom stereocenters. The van der Waals surface area contributed by atoms with Crippen molar-refractivity contribution in [2.24, 2.45) is 5.73 Å². The summed E-state index contributed by atoms with van der Waals surface area (Å²) >= 11 is 0. The van der Waals surface area contributed by atoms with Gasteiger partial charge < -0.3 is 19.0 Å². The first-order valence-corrected chi connectivity index (χ1v) is 24.8. The molecule has 296 valence electrons. The molecule has 0 aromatic carbocycles. The van der Waals surface area contributed by atoms with Crippen LogP contribution in [0.5, 0.6) is 0 Å². The lowest BCUT2D eigenvalue weighted by Gasteiger charge is -2.28. The minimum absolute atomic E-state index is 0.685. The van der Waals surface area contributed by atoms with Gasteiger partial charge in [0, 0.05) is 25.9 Å². The average Bonchev–Trinajstić information content (AvgIpc) is 3.10. The summed E-state index contributed by atoms with van der Waals surface area (Å²) in [6, 6.07) is 0.973. The Morgan fingerprint density at radius 1 is 0.265 bits per heavy atom. The predicted octanol–water partition coefficient (Wildman–Crippen LogP) is 15.0. The highest BCUT2D eigenvalue weighted by molar-refractivity contribution is 6.60. The van der Waals surface area contributed by atoms with E-state index in [1.54, 1.807) is 0 Å². The molecule has 0 aliphatic carbocycles. The molecule has 4 nitrogen and oxygen atoms in total. The van der Waals surface area contributed by atoms with Crippen LogP contribution >= 0.6 is 0 Å². The van der Waals surface area contributed by atoms with Crippen LogP contribution in [-0.4, -0.2) is 35.2 Å². The molecule has 0 aromatic rings. The van der Waals surface area contributed by atoms with Crippen molar-refractivity contribution in [3.63, 3.8) is 0 Å². The Balaban J connectivity index is 3.20. The highest BCUT2D eigenvalue weighted by atomic mass is 28.4. The summed E-state index contributed by atoms with van der Waals surface area (Å²) in [4.78, 5) is 0. The van der Waals surface area contributed by atoms with Gasteiger partial charge in [-0.2, -0.15) is 0 Å². The van der Waals surface area contributed by atoms with Crippen molar-refractivity contribution in [1.29, 1.82) is 0 Å². The zero-order valence-electron chi connectivity index (χ0n) is 34.3. The molecule has 0 radical (unpaired) electrons. The van der Waals surface area contributed by atoms with E-state index in [1.165, 1.54) is 231 Å². The Morgan fingerprint density at radius 2 is 0.429 bits per heavy atom. The number of hydrogen-bond acceptors (Lipinski definition) is 4. The van der Waals surface area contributed by atoms with E-state index in [0.29, 0.717) is 19.8 Å². The van der Waals surface area contributed by atoms with Crippen molar-refractivity contribution in [2.75, 3.05) is 26.4 Å². The third-order valence-corrected chi connectivity index (χ3v) is 13.7. The van der Waals surface area contributed by atoms with Crippen molar-refractivity contribution in [3.05, 3.63) is 0 Å². The Hall–Kier alpha value is 0.0569. The monoisotopic (exact) mass is 712 g/mol. The fourth-order valence-corrected chi connectivity index (χ4v) is 10.2. The summed E-state index contributed by atoms with van der Waals surface area (Å²) in [5.74, 6) is 0. The van der Waals surface area contributed by atoms with E-state index in [1.807, 2.05) is 20.8 Å². The van der Waals surface area contributed by atoms with Crippen LogP contribution in [-0.2, 0) is 13.3 Å². The second kappa shape index (κ2) is 42.5. The Bertz CT molecular complexity index is 576. The first kappa shape index (κ1) is 49.1. The van der Waals surface area contributed by atoms with E-state index < -0.39 is 8.80 Å². The lowest BCUT2D eigenvalue weighted by atomic mass is 10.0. The van der Waals surface area contributed by atoms with Crippen LogP contribution in [0.3, 0.4) is 0 Å². The molecule has 0 aromatic heterocycles. The molecular weight excluding hydrogens is 619 g/mol. The van der Waals surface area contributed by atoms with Crippen molar-refractivity contribution >= 4 is 8.80 Å². The Kier molecular flexibility index (Phi) is 42.5. The first-order valence-electron chi connectivity index (χ1n) is 22.9. The van der Waals surface area contributed by atoms with Gasteiger partial charge in [0.05, 0.1) is 0 Å². The lowest BCUT2D eigenvalue weighted by Crippen LogP contribution is -2.45. The van der Waals surface area contributed by atoms with Crippen molar-refractivity contribution in [1.82, 2.24) is 0 Å². The molecule has 0 rings (SSSR count). The number of unbranched alkanes of at least 4 members (excludes halogenated alkanes) is 35. The maximum atomic E-state index is 5.98. The molecule has 2 N–H and O–H groups in total. The minimum atomic E-state index is -2.42. The van der Waals surface area contributed by atoms with Gasteiger partial charge in [0.2, 0.25) is 0 Å². The van der Waals surface area contributed by atoms with Crippen LogP contribution in [0.15, 0.2) is 0 Å². The van der Waals surface area contributed by atoms with E-state index in [4.69, 9.17) is 19.0 Å². The van der Waals surface area contributed by atoms with Gasteiger partial charge in [0.15, 0.2) is 0 Å². The molecule has 0 aliphatic rings. The van der Waals surface area contributed by atoms with E-state index in [9.17, 15) is 0 Å². The van der Waals surface area contributed by atoms with Gasteiger partial charge in [0.1, 0.15) is 0 Å². The van der Waals surface area contributed by atoms with Gasteiger partial charge in [-0.15, -0.1) is 0 Å². The van der Waals surface area contributed by atoms with Gasteiger partial charge >= 0.3 is 8.80 Å². The molecule has 0 aliphatic heterocycles. The van der Waals surface area contributed by atoms with Crippen LogP contribution in [0.25, 0.3) is 0 Å². The molecule has 0 amide bonds. The van der Waals surface area contributed by atoms with Gasteiger partial charge in [0.25, 0.3) is 0 Å². The SMILES string of the molecule is CCO[Si](CCCCCCCCCCCCCCCCCCCCCCCCCCCCCCCCCCCCCCN)(OCC)OCC. The highest BCUT2D eigenvalue weighted by Crippen LogP contribution is 2.21. The van der Waals surface area contributed by atoms with Gasteiger partial charge in [-0.25, -0.2) is 0 Å². The number of rotatable bonds is 44. The van der Waals surface area contributed by atoms with E-state index in [2.05, 4.69) is 0 Å². The Morgan fingerprint density at radius 3 is 0.592 bits per heavy atom. The maximum absolute atomic E-state index is 5.98. The minimum Gasteiger partial charge on any atom is -0.374 e. The summed E-state index contributed by atoms with van der Waals surface area (Å²) in [6.45, 7) is 9.06. The quantitative estimate of drug-likeness (QED) is 0.0505. The van der Waals surface area contributed by atoms with Crippen LogP contribution in [0, 0.1) is 0 Å². The largest absolute Gasteiger partial charge is 0.500 e. The summed E-state index contributed by atoms with van der Waals surface area (Å²) in [5.41, 5.74) is 5.56. The summed E-state index contributed by atoms with van der Waals surface area (Å²) in [7, 11) is -2.42. The second-order valence-electron chi connectivity index (χ2n) is 15.2. The average molecular weight is 712 g/mol. The van der Waals surface area contributed by atoms with Crippen molar-refractivity contribution < 1.29 is 13.3 Å². The highest BCUT2D eigenvalue weighted by Gasteiger charge is 2.39. The fourth-order valence-electron chi connectivity index (χ4n) is 7.50. The van der Waals surface area contributed by atoms with Crippen molar-refractivity contribution in [3.8, 4) is 0 Å². The maximum Gasteiger partial charge on any atom is 0.500 e. The lowest BCUT2D eigenvalue weighted by molar-refractivity contribution is 0.0706. The van der Waals surface area contributed by atoms with Crippen LogP contribution in [0.4, 0.5) is 0 Å². The molecule has 0 unspecified atom stereocenters. The van der Waals surface area contributed by atoms with Crippen molar-refractivity contribution in [2.45, 2.75) is 258 Å². The predicted molar refractivity (Wildman–Crippen MR) is 221 cm³/mol. The number of hydrogen-bond donors (Lipinski definition) is 1.